The number of hydrogen-bond donors (Lipinski definition) is 0. The topological polar surface area (TPSA) is 49.9 Å². The summed E-state index contributed by atoms with van der Waals surface area (Å²) in [6.07, 6.45) is 1.30. The van der Waals surface area contributed by atoms with Crippen molar-refractivity contribution in [3.8, 4) is 5.75 Å². The van der Waals surface area contributed by atoms with Crippen LogP contribution in [0.25, 0.3) is 0 Å². The average molecular weight is 364 g/mol. The number of rotatable bonds is 4. The molecule has 1 fully saturated rings. The van der Waals surface area contributed by atoms with Crippen LogP contribution in [0.2, 0.25) is 0 Å². The monoisotopic (exact) mass is 364 g/mol. The third kappa shape index (κ3) is 3.68. The summed E-state index contributed by atoms with van der Waals surface area (Å²) in [6.45, 7) is 2.08. The van der Waals surface area contributed by atoms with E-state index in [4.69, 9.17) is 4.74 Å². The van der Waals surface area contributed by atoms with Gasteiger partial charge in [-0.25, -0.2) is 0 Å². The summed E-state index contributed by atoms with van der Waals surface area (Å²) in [7, 11) is 1.66. The van der Waals surface area contributed by atoms with E-state index in [9.17, 15) is 9.59 Å². The molecule has 5 nitrogen and oxygen atoms in total. The van der Waals surface area contributed by atoms with Crippen molar-refractivity contribution in [3.05, 3.63) is 65.2 Å². The molecule has 2 aliphatic rings. The fraction of sp³-hybridized carbons (Fsp3) is 0.364. The Labute approximate surface area is 159 Å². The van der Waals surface area contributed by atoms with Crippen LogP contribution in [0.5, 0.6) is 5.75 Å². The van der Waals surface area contributed by atoms with Crippen molar-refractivity contribution in [1.82, 2.24) is 9.80 Å². The summed E-state index contributed by atoms with van der Waals surface area (Å²) in [5.74, 6) is 1.13. The second-order valence-electron chi connectivity index (χ2n) is 7.29. The van der Waals surface area contributed by atoms with Crippen molar-refractivity contribution < 1.29 is 14.3 Å². The van der Waals surface area contributed by atoms with Crippen LogP contribution >= 0.6 is 0 Å². The van der Waals surface area contributed by atoms with E-state index in [2.05, 4.69) is 12.1 Å². The van der Waals surface area contributed by atoms with Crippen LogP contribution in [0.3, 0.4) is 0 Å². The molecule has 0 aromatic heterocycles. The molecular formula is C22H24N2O3. The maximum Gasteiger partial charge on any atom is 0.242 e. The van der Waals surface area contributed by atoms with Crippen LogP contribution in [0.15, 0.2) is 48.5 Å². The maximum absolute atomic E-state index is 12.8. The molecule has 5 heteroatoms. The number of methoxy groups -OCH3 is 1. The molecule has 2 heterocycles. The Balaban J connectivity index is 1.38. The Bertz CT molecular complexity index is 850. The number of hydrogen-bond acceptors (Lipinski definition) is 3. The molecule has 0 saturated carbocycles. The number of nitrogens with zero attached hydrogens (tertiary/aromatic N) is 2. The quantitative estimate of drug-likeness (QED) is 0.838. The highest BCUT2D eigenvalue weighted by Crippen LogP contribution is 2.28. The van der Waals surface area contributed by atoms with Crippen LogP contribution in [0.4, 0.5) is 0 Å². The van der Waals surface area contributed by atoms with E-state index in [1.54, 1.807) is 12.0 Å². The van der Waals surface area contributed by atoms with Crippen molar-refractivity contribution in [1.29, 1.82) is 0 Å². The summed E-state index contributed by atoms with van der Waals surface area (Å²) >= 11 is 0. The van der Waals surface area contributed by atoms with Gasteiger partial charge in [0, 0.05) is 32.0 Å². The number of carbonyl (C=O) groups excluding carboxylic acids is 2. The number of carbonyl (C=O) groups is 2. The number of amides is 2. The lowest BCUT2D eigenvalue weighted by molar-refractivity contribution is -0.138. The summed E-state index contributed by atoms with van der Waals surface area (Å²) in [5.41, 5.74) is 3.56. The van der Waals surface area contributed by atoms with E-state index >= 15 is 0 Å². The van der Waals surface area contributed by atoms with E-state index < -0.39 is 0 Å². The molecule has 140 valence electrons. The van der Waals surface area contributed by atoms with Gasteiger partial charge in [-0.15, -0.1) is 0 Å². The van der Waals surface area contributed by atoms with E-state index in [-0.39, 0.29) is 24.3 Å². The van der Waals surface area contributed by atoms with Gasteiger partial charge in [0.1, 0.15) is 5.75 Å². The van der Waals surface area contributed by atoms with Crippen LogP contribution in [-0.4, -0.2) is 48.4 Å². The largest absolute Gasteiger partial charge is 0.497 e. The van der Waals surface area contributed by atoms with Gasteiger partial charge in [-0.3, -0.25) is 9.59 Å². The maximum atomic E-state index is 12.8. The first-order chi connectivity index (χ1) is 13.1. The van der Waals surface area contributed by atoms with Crippen LogP contribution in [0, 0.1) is 0 Å². The molecule has 2 amide bonds. The molecule has 0 aliphatic carbocycles. The highest BCUT2D eigenvalue weighted by Gasteiger charge is 2.33. The molecule has 0 radical (unpaired) electrons. The molecule has 0 bridgehead atoms. The van der Waals surface area contributed by atoms with Crippen LogP contribution < -0.4 is 4.74 Å². The Morgan fingerprint density at radius 1 is 1.15 bits per heavy atom. The third-order valence-corrected chi connectivity index (χ3v) is 5.59. The van der Waals surface area contributed by atoms with Gasteiger partial charge in [0.05, 0.1) is 13.7 Å². The minimum Gasteiger partial charge on any atom is -0.497 e. The van der Waals surface area contributed by atoms with E-state index in [1.807, 2.05) is 41.3 Å². The van der Waals surface area contributed by atoms with Crippen LogP contribution in [0.1, 0.15) is 29.0 Å². The molecule has 2 aromatic carbocycles. The first-order valence-electron chi connectivity index (χ1n) is 9.40. The standard InChI is InChI=1S/C22H24N2O3/c1-27-20-8-7-18-13-23(10-9-17(18)11-20)22(26)15-24-14-19(12-21(24)25)16-5-3-2-4-6-16/h2-8,11,19H,9-10,12-15H2,1H3/t19-/m0/s1. The lowest BCUT2D eigenvalue weighted by atomic mass is 9.98. The summed E-state index contributed by atoms with van der Waals surface area (Å²) in [6, 6.07) is 16.1. The minimum absolute atomic E-state index is 0.0264. The van der Waals surface area contributed by atoms with Gasteiger partial charge in [0.2, 0.25) is 11.8 Å². The van der Waals surface area contributed by atoms with Gasteiger partial charge in [-0.2, -0.15) is 0 Å². The third-order valence-electron chi connectivity index (χ3n) is 5.59. The van der Waals surface area contributed by atoms with Gasteiger partial charge in [0.15, 0.2) is 0 Å². The second-order valence-corrected chi connectivity index (χ2v) is 7.29. The van der Waals surface area contributed by atoms with Crippen LogP contribution in [-0.2, 0) is 22.6 Å². The number of benzene rings is 2. The van der Waals surface area contributed by atoms with Crippen molar-refractivity contribution >= 4 is 11.8 Å². The molecule has 1 saturated heterocycles. The summed E-state index contributed by atoms with van der Waals surface area (Å²) in [5, 5.41) is 0. The zero-order valence-corrected chi connectivity index (χ0v) is 15.6. The SMILES string of the molecule is COc1ccc2c(c1)CCN(C(=O)CN1C[C@@H](c3ccccc3)CC1=O)C2. The minimum atomic E-state index is 0.0264. The highest BCUT2D eigenvalue weighted by molar-refractivity contribution is 5.86. The molecular weight excluding hydrogens is 340 g/mol. The Kier molecular flexibility index (Phi) is 4.84. The fourth-order valence-electron chi connectivity index (χ4n) is 4.01. The van der Waals surface area contributed by atoms with Crippen molar-refractivity contribution in [3.63, 3.8) is 0 Å². The molecule has 1 atom stereocenters. The fourth-order valence-corrected chi connectivity index (χ4v) is 4.01. The Morgan fingerprint density at radius 3 is 2.74 bits per heavy atom. The van der Waals surface area contributed by atoms with Gasteiger partial charge in [-0.05, 0) is 35.2 Å². The predicted octanol–water partition coefficient (Wildman–Crippen LogP) is 2.60. The predicted molar refractivity (Wildman–Crippen MR) is 102 cm³/mol. The Hall–Kier alpha value is -2.82. The van der Waals surface area contributed by atoms with Gasteiger partial charge in [0.25, 0.3) is 0 Å². The molecule has 2 aromatic rings. The summed E-state index contributed by atoms with van der Waals surface area (Å²) < 4.78 is 5.28. The number of likely N-dealkylation sites (tertiary alicyclic amines) is 1. The highest BCUT2D eigenvalue weighted by atomic mass is 16.5. The molecule has 0 N–H and O–H groups in total. The molecule has 0 spiro atoms. The van der Waals surface area contributed by atoms with E-state index in [0.717, 1.165) is 17.7 Å². The first-order valence-corrected chi connectivity index (χ1v) is 9.40. The smallest absolute Gasteiger partial charge is 0.242 e. The molecule has 27 heavy (non-hydrogen) atoms. The van der Waals surface area contributed by atoms with E-state index in [1.165, 1.54) is 11.1 Å². The zero-order valence-electron chi connectivity index (χ0n) is 15.6. The molecule has 4 rings (SSSR count). The Morgan fingerprint density at radius 2 is 1.96 bits per heavy atom. The zero-order chi connectivity index (χ0) is 18.8. The number of fused-ring (bicyclic) bond motifs is 1. The van der Waals surface area contributed by atoms with Crippen molar-refractivity contribution in [2.75, 3.05) is 26.7 Å². The van der Waals surface area contributed by atoms with Gasteiger partial charge < -0.3 is 14.5 Å². The van der Waals surface area contributed by atoms with Gasteiger partial charge >= 0.3 is 0 Å². The first kappa shape index (κ1) is 17.6. The van der Waals surface area contributed by atoms with Crippen molar-refractivity contribution in [2.45, 2.75) is 25.3 Å². The number of ether oxygens (including phenoxy) is 1. The second kappa shape index (κ2) is 7.43. The van der Waals surface area contributed by atoms with Gasteiger partial charge in [-0.1, -0.05) is 36.4 Å². The summed E-state index contributed by atoms with van der Waals surface area (Å²) in [4.78, 5) is 28.7. The molecule has 2 aliphatic heterocycles. The van der Waals surface area contributed by atoms with E-state index in [0.29, 0.717) is 26.1 Å². The normalized spacial score (nSPS) is 19.1. The lowest BCUT2D eigenvalue weighted by Crippen LogP contribution is -2.43. The average Bonchev–Trinajstić information content (AvgIpc) is 3.08. The molecule has 0 unspecified atom stereocenters. The lowest BCUT2D eigenvalue weighted by Gasteiger charge is -2.30. The van der Waals surface area contributed by atoms with Crippen molar-refractivity contribution in [2.24, 2.45) is 0 Å².